The molecule has 1 amide bonds. The molecule has 0 spiro atoms. The standard InChI is InChI=1S/C40H41Cl2N5O4/c1-51-37-19-28(35(41)18-29(37)23-46-16-14-27(15-17-46)40(49)50)24-47-36-7-3-5-32(34(36)22-44-47)33-6-2-4-31(39(33)42)26-10-8-25(9-11-26)20-43-21-30-12-13-38(48)45-30/h2-11,18-19,22,27,30,43H,12-17,20-21,23-24H2,1H3,(H,45,48)(H,49,50). The Morgan fingerprint density at radius 3 is 2.43 bits per heavy atom. The molecule has 2 saturated heterocycles. The predicted molar refractivity (Wildman–Crippen MR) is 201 cm³/mol. The van der Waals surface area contributed by atoms with Gasteiger partial charge in [-0.05, 0) is 72.8 Å². The summed E-state index contributed by atoms with van der Waals surface area (Å²) in [5, 5.41) is 22.9. The molecule has 4 aromatic carbocycles. The van der Waals surface area contributed by atoms with Crippen molar-refractivity contribution in [1.82, 2.24) is 25.3 Å². The lowest BCUT2D eigenvalue weighted by Gasteiger charge is -2.30. The van der Waals surface area contributed by atoms with Crippen molar-refractivity contribution in [3.63, 3.8) is 0 Å². The summed E-state index contributed by atoms with van der Waals surface area (Å²) in [4.78, 5) is 25.1. The highest BCUT2D eigenvalue weighted by atomic mass is 35.5. The second kappa shape index (κ2) is 15.5. The van der Waals surface area contributed by atoms with Gasteiger partial charge < -0.3 is 20.5 Å². The highest BCUT2D eigenvalue weighted by Crippen LogP contribution is 2.39. The zero-order valence-corrected chi connectivity index (χ0v) is 30.0. The SMILES string of the molecule is COc1cc(Cn2ncc3c(-c4cccc(-c5ccc(CNCC6CCC(=O)N6)cc5)c4Cl)cccc32)c(Cl)cc1CN1CCC(C(=O)O)CC1. The number of carboxylic acids is 1. The average molecular weight is 727 g/mol. The van der Waals surface area contributed by atoms with Gasteiger partial charge in [-0.15, -0.1) is 0 Å². The number of methoxy groups -OCH3 is 1. The van der Waals surface area contributed by atoms with Crippen LogP contribution in [-0.2, 0) is 29.2 Å². The summed E-state index contributed by atoms with van der Waals surface area (Å²) in [6, 6.07) is 24.8. The largest absolute Gasteiger partial charge is 0.496 e. The van der Waals surface area contributed by atoms with E-state index in [-0.39, 0.29) is 17.9 Å². The van der Waals surface area contributed by atoms with Gasteiger partial charge in [-0.1, -0.05) is 77.8 Å². The Kier molecular flexibility index (Phi) is 10.6. The van der Waals surface area contributed by atoms with E-state index in [9.17, 15) is 14.7 Å². The molecule has 1 unspecified atom stereocenters. The van der Waals surface area contributed by atoms with Crippen molar-refractivity contribution in [3.05, 3.63) is 106 Å². The molecule has 0 bridgehead atoms. The highest BCUT2D eigenvalue weighted by Gasteiger charge is 2.25. The fourth-order valence-corrected chi connectivity index (χ4v) is 7.85. The van der Waals surface area contributed by atoms with Crippen LogP contribution >= 0.6 is 23.2 Å². The topological polar surface area (TPSA) is 109 Å². The summed E-state index contributed by atoms with van der Waals surface area (Å²) < 4.78 is 7.74. The number of hydrogen-bond donors (Lipinski definition) is 3. The predicted octanol–water partition coefficient (Wildman–Crippen LogP) is 7.40. The second-order valence-corrected chi connectivity index (χ2v) is 14.3. The zero-order chi connectivity index (χ0) is 35.5. The Morgan fingerprint density at radius 2 is 1.71 bits per heavy atom. The Morgan fingerprint density at radius 1 is 0.961 bits per heavy atom. The van der Waals surface area contributed by atoms with Crippen molar-refractivity contribution >= 4 is 46.0 Å². The van der Waals surface area contributed by atoms with Crippen molar-refractivity contribution in [2.45, 2.75) is 51.4 Å². The van der Waals surface area contributed by atoms with E-state index in [1.165, 1.54) is 0 Å². The minimum Gasteiger partial charge on any atom is -0.496 e. The molecule has 0 aliphatic carbocycles. The number of rotatable bonds is 12. The maximum absolute atomic E-state index is 11.5. The molecule has 3 heterocycles. The van der Waals surface area contributed by atoms with E-state index < -0.39 is 5.97 Å². The summed E-state index contributed by atoms with van der Waals surface area (Å²) in [6.07, 6.45) is 4.66. The van der Waals surface area contributed by atoms with Gasteiger partial charge in [0.15, 0.2) is 0 Å². The summed E-state index contributed by atoms with van der Waals surface area (Å²) in [5.41, 5.74) is 7.91. The third kappa shape index (κ3) is 7.77. The molecule has 0 radical (unpaired) electrons. The zero-order valence-electron chi connectivity index (χ0n) is 28.5. The van der Waals surface area contributed by atoms with E-state index in [4.69, 9.17) is 33.0 Å². The first kappa shape index (κ1) is 35.0. The fraction of sp³-hybridized carbons (Fsp3) is 0.325. The molecule has 1 atom stereocenters. The molecule has 5 aromatic rings. The monoisotopic (exact) mass is 725 g/mol. The van der Waals surface area contributed by atoms with Crippen molar-refractivity contribution in [3.8, 4) is 28.0 Å². The highest BCUT2D eigenvalue weighted by molar-refractivity contribution is 6.36. The van der Waals surface area contributed by atoms with Gasteiger partial charge in [-0.2, -0.15) is 5.10 Å². The lowest BCUT2D eigenvalue weighted by molar-refractivity contribution is -0.143. The summed E-state index contributed by atoms with van der Waals surface area (Å²) in [5.74, 6) is -0.106. The Bertz CT molecular complexity index is 2060. The molecule has 2 fully saturated rings. The molecule has 3 N–H and O–H groups in total. The number of amides is 1. The minimum atomic E-state index is -0.713. The Labute approximate surface area is 307 Å². The van der Waals surface area contributed by atoms with E-state index in [0.29, 0.717) is 42.4 Å². The van der Waals surface area contributed by atoms with E-state index in [0.717, 1.165) is 88.2 Å². The number of aromatic nitrogens is 2. The number of carboxylic acid groups (broad SMARTS) is 1. The molecule has 264 valence electrons. The third-order valence-corrected chi connectivity index (χ3v) is 10.9. The summed E-state index contributed by atoms with van der Waals surface area (Å²) in [6.45, 7) is 4.03. The van der Waals surface area contributed by atoms with Crippen molar-refractivity contribution in [1.29, 1.82) is 0 Å². The van der Waals surface area contributed by atoms with Gasteiger partial charge in [-0.3, -0.25) is 19.2 Å². The van der Waals surface area contributed by atoms with E-state index in [1.54, 1.807) is 7.11 Å². The van der Waals surface area contributed by atoms with Crippen molar-refractivity contribution in [2.75, 3.05) is 26.7 Å². The number of likely N-dealkylation sites (tertiary alicyclic amines) is 1. The second-order valence-electron chi connectivity index (χ2n) is 13.5. The first-order valence-corrected chi connectivity index (χ1v) is 18.2. The summed E-state index contributed by atoms with van der Waals surface area (Å²) >= 11 is 14.0. The first-order chi connectivity index (χ1) is 24.8. The molecule has 2 aliphatic rings. The van der Waals surface area contributed by atoms with Crippen LogP contribution < -0.4 is 15.4 Å². The van der Waals surface area contributed by atoms with Crippen LogP contribution in [0.25, 0.3) is 33.2 Å². The van der Waals surface area contributed by atoms with Gasteiger partial charge >= 0.3 is 5.97 Å². The maximum atomic E-state index is 11.5. The number of piperidine rings is 1. The first-order valence-electron chi connectivity index (χ1n) is 17.4. The van der Waals surface area contributed by atoms with Crippen LogP contribution in [0.3, 0.4) is 0 Å². The average Bonchev–Trinajstić information content (AvgIpc) is 3.75. The number of fused-ring (bicyclic) bond motifs is 1. The lowest BCUT2D eigenvalue weighted by Crippen LogP contribution is -2.35. The van der Waals surface area contributed by atoms with Crippen LogP contribution in [0.4, 0.5) is 0 Å². The van der Waals surface area contributed by atoms with Crippen LogP contribution in [0.2, 0.25) is 10.0 Å². The van der Waals surface area contributed by atoms with Gasteiger partial charge in [0.05, 0.1) is 36.3 Å². The van der Waals surface area contributed by atoms with E-state index in [2.05, 4.69) is 51.9 Å². The van der Waals surface area contributed by atoms with Gasteiger partial charge in [0.25, 0.3) is 0 Å². The molecule has 0 saturated carbocycles. The van der Waals surface area contributed by atoms with Crippen LogP contribution in [-0.4, -0.2) is 64.4 Å². The normalized spacial score (nSPS) is 16.8. The Balaban J connectivity index is 1.07. The number of hydrogen-bond acceptors (Lipinski definition) is 6. The number of halogens is 2. The molecule has 2 aliphatic heterocycles. The number of aliphatic carboxylic acids is 1. The third-order valence-electron chi connectivity index (χ3n) is 10.1. The minimum absolute atomic E-state index is 0.133. The van der Waals surface area contributed by atoms with Crippen LogP contribution in [0.15, 0.2) is 79.0 Å². The number of carbonyl (C=O) groups is 2. The van der Waals surface area contributed by atoms with Crippen LogP contribution in [0.1, 0.15) is 42.4 Å². The van der Waals surface area contributed by atoms with Gasteiger partial charge in [-0.25, -0.2) is 0 Å². The molecular formula is C40H41Cl2N5O4. The lowest BCUT2D eigenvalue weighted by atomic mass is 9.96. The fourth-order valence-electron chi connectivity index (χ4n) is 7.26. The number of nitrogens with one attached hydrogen (secondary N) is 2. The van der Waals surface area contributed by atoms with Gasteiger partial charge in [0.2, 0.25) is 5.91 Å². The molecule has 51 heavy (non-hydrogen) atoms. The van der Waals surface area contributed by atoms with E-state index in [1.807, 2.05) is 47.3 Å². The number of benzene rings is 4. The van der Waals surface area contributed by atoms with Crippen LogP contribution in [0, 0.1) is 5.92 Å². The molecule has 11 heteroatoms. The van der Waals surface area contributed by atoms with Gasteiger partial charge in [0, 0.05) is 59.2 Å². The van der Waals surface area contributed by atoms with E-state index >= 15 is 0 Å². The maximum Gasteiger partial charge on any atom is 0.306 e. The van der Waals surface area contributed by atoms with Crippen LogP contribution in [0.5, 0.6) is 5.75 Å². The number of ether oxygens (including phenoxy) is 1. The summed E-state index contributed by atoms with van der Waals surface area (Å²) in [7, 11) is 1.66. The van der Waals surface area contributed by atoms with Gasteiger partial charge in [0.1, 0.15) is 5.75 Å². The molecule has 1 aromatic heterocycles. The molecular weight excluding hydrogens is 685 g/mol. The Hall–Kier alpha value is -4.41. The van der Waals surface area contributed by atoms with Crippen molar-refractivity contribution in [2.24, 2.45) is 5.92 Å². The quantitative estimate of drug-likeness (QED) is 0.123. The molecule has 7 rings (SSSR count). The van der Waals surface area contributed by atoms with Crippen molar-refractivity contribution < 1.29 is 19.4 Å². The number of carbonyl (C=O) groups excluding carboxylic acids is 1. The smallest absolute Gasteiger partial charge is 0.306 e. The molecule has 9 nitrogen and oxygen atoms in total. The number of nitrogens with zero attached hydrogens (tertiary/aromatic N) is 3.